The molecule has 0 bridgehead atoms. The number of carbonyl (C=O) groups excluding carboxylic acids is 1. The summed E-state index contributed by atoms with van der Waals surface area (Å²) in [5.41, 5.74) is -0.621. The summed E-state index contributed by atoms with van der Waals surface area (Å²) in [6.07, 6.45) is -4.63. The lowest BCUT2D eigenvalue weighted by Gasteiger charge is -2.36. The van der Waals surface area contributed by atoms with Gasteiger partial charge in [0.25, 0.3) is 0 Å². The molecule has 0 spiro atoms. The third-order valence-corrected chi connectivity index (χ3v) is 6.13. The number of rotatable bonds is 4. The summed E-state index contributed by atoms with van der Waals surface area (Å²) in [4.78, 5) is 16.3. The minimum absolute atomic E-state index is 0.184. The fourth-order valence-electron chi connectivity index (χ4n) is 3.46. The van der Waals surface area contributed by atoms with Crippen molar-refractivity contribution in [3.8, 4) is 0 Å². The van der Waals surface area contributed by atoms with Crippen LogP contribution in [0.4, 0.5) is 22.0 Å². The Labute approximate surface area is 178 Å². The average Bonchev–Trinajstić information content (AvgIpc) is 3.00. The van der Waals surface area contributed by atoms with Crippen molar-refractivity contribution in [1.29, 1.82) is 0 Å². The number of carbonyl (C=O) groups is 1. The zero-order valence-corrected chi connectivity index (χ0v) is 17.9. The molecule has 0 N–H and O–H groups in total. The number of halogens is 6. The smallest absolute Gasteiger partial charge is 0.338 e. The van der Waals surface area contributed by atoms with Gasteiger partial charge in [0, 0.05) is 38.3 Å². The summed E-state index contributed by atoms with van der Waals surface area (Å²) >= 11 is 2.91. The topological polar surface area (TPSA) is 41.4 Å². The second-order valence-corrected chi connectivity index (χ2v) is 7.97. The van der Waals surface area contributed by atoms with Crippen LogP contribution in [-0.2, 0) is 17.5 Å². The number of nitrogens with zero attached hydrogens (tertiary/aromatic N) is 4. The number of aromatic nitrogens is 2. The molecule has 0 aliphatic carbocycles. The average molecular weight is 495 g/mol. The molecule has 1 unspecified atom stereocenters. The number of benzene rings is 1. The predicted octanol–water partition coefficient (Wildman–Crippen LogP) is 4.16. The molecule has 30 heavy (non-hydrogen) atoms. The second kappa shape index (κ2) is 8.62. The maximum Gasteiger partial charge on any atom is 0.436 e. The Balaban J connectivity index is 1.65. The lowest BCUT2D eigenvalue weighted by atomic mass is 10.1. The number of amides is 1. The van der Waals surface area contributed by atoms with Gasteiger partial charge in [0.15, 0.2) is 17.3 Å². The van der Waals surface area contributed by atoms with Gasteiger partial charge in [-0.3, -0.25) is 14.4 Å². The molecule has 1 aromatic heterocycles. The molecule has 1 saturated heterocycles. The van der Waals surface area contributed by atoms with Gasteiger partial charge in [0.2, 0.25) is 5.91 Å². The van der Waals surface area contributed by atoms with Gasteiger partial charge in [0.05, 0.1) is 10.2 Å². The molecule has 3 rings (SSSR count). The molecule has 164 valence electrons. The monoisotopic (exact) mass is 494 g/mol. The zero-order chi connectivity index (χ0) is 22.2. The van der Waals surface area contributed by atoms with E-state index < -0.39 is 29.5 Å². The Bertz CT molecular complexity index is 938. The van der Waals surface area contributed by atoms with Crippen molar-refractivity contribution in [2.75, 3.05) is 26.2 Å². The molecule has 1 atom stereocenters. The van der Waals surface area contributed by atoms with E-state index in [4.69, 9.17) is 0 Å². The summed E-state index contributed by atoms with van der Waals surface area (Å²) in [5, 5.41) is 3.59. The van der Waals surface area contributed by atoms with Crippen LogP contribution in [0.1, 0.15) is 29.9 Å². The fourth-order valence-corrected chi connectivity index (χ4v) is 3.95. The standard InChI is InChI=1S/C19H20BrF5N4O/c1-11-15(20)17(19(23,24)25)26-29(11)12(2)18(30)28-8-6-27(7-9-28)10-13-4-3-5-14(21)16(13)22/h3-5,12H,6-10H2,1-2H3. The van der Waals surface area contributed by atoms with Crippen molar-refractivity contribution in [2.24, 2.45) is 0 Å². The van der Waals surface area contributed by atoms with Crippen LogP contribution in [0.15, 0.2) is 22.7 Å². The van der Waals surface area contributed by atoms with E-state index in [-0.39, 0.29) is 28.2 Å². The van der Waals surface area contributed by atoms with Crippen LogP contribution in [0.5, 0.6) is 0 Å². The van der Waals surface area contributed by atoms with E-state index in [0.29, 0.717) is 26.2 Å². The molecule has 1 aromatic carbocycles. The van der Waals surface area contributed by atoms with Gasteiger partial charge in [-0.2, -0.15) is 18.3 Å². The first kappa shape index (κ1) is 22.7. The lowest BCUT2D eigenvalue weighted by molar-refractivity contribution is -0.143. The number of alkyl halides is 3. The summed E-state index contributed by atoms with van der Waals surface area (Å²) in [6.45, 7) is 4.70. The molecule has 2 aromatic rings. The molecule has 1 amide bonds. The van der Waals surface area contributed by atoms with Crippen molar-refractivity contribution in [1.82, 2.24) is 19.6 Å². The van der Waals surface area contributed by atoms with Crippen molar-refractivity contribution < 1.29 is 26.7 Å². The van der Waals surface area contributed by atoms with E-state index in [0.717, 1.165) is 10.7 Å². The Morgan fingerprint density at radius 1 is 1.20 bits per heavy atom. The van der Waals surface area contributed by atoms with Crippen LogP contribution < -0.4 is 0 Å². The molecular weight excluding hydrogens is 475 g/mol. The van der Waals surface area contributed by atoms with Gasteiger partial charge in [-0.25, -0.2) is 8.78 Å². The first-order valence-electron chi connectivity index (χ1n) is 9.26. The maximum absolute atomic E-state index is 13.9. The van der Waals surface area contributed by atoms with Gasteiger partial charge in [0.1, 0.15) is 6.04 Å². The Morgan fingerprint density at radius 2 is 1.83 bits per heavy atom. The molecule has 11 heteroatoms. The van der Waals surface area contributed by atoms with E-state index in [1.54, 1.807) is 4.90 Å². The van der Waals surface area contributed by atoms with Crippen molar-refractivity contribution in [2.45, 2.75) is 32.6 Å². The van der Waals surface area contributed by atoms with Crippen LogP contribution in [0.2, 0.25) is 0 Å². The third-order valence-electron chi connectivity index (χ3n) is 5.18. The Kier molecular flexibility index (Phi) is 6.51. The van der Waals surface area contributed by atoms with Crippen LogP contribution >= 0.6 is 15.9 Å². The number of hydrogen-bond donors (Lipinski definition) is 0. The van der Waals surface area contributed by atoms with E-state index >= 15 is 0 Å². The van der Waals surface area contributed by atoms with Crippen molar-refractivity contribution in [3.63, 3.8) is 0 Å². The largest absolute Gasteiger partial charge is 0.436 e. The Hall–Kier alpha value is -2.01. The predicted molar refractivity (Wildman–Crippen MR) is 103 cm³/mol. The number of hydrogen-bond acceptors (Lipinski definition) is 3. The quantitative estimate of drug-likeness (QED) is 0.599. The summed E-state index contributed by atoms with van der Waals surface area (Å²) in [7, 11) is 0. The van der Waals surface area contributed by atoms with Gasteiger partial charge in [-0.15, -0.1) is 0 Å². The first-order valence-corrected chi connectivity index (χ1v) is 10.1. The van der Waals surface area contributed by atoms with Gasteiger partial charge in [-0.05, 0) is 35.8 Å². The third kappa shape index (κ3) is 4.51. The van der Waals surface area contributed by atoms with Crippen LogP contribution in [-0.4, -0.2) is 51.7 Å². The SMILES string of the molecule is Cc1c(Br)c(C(F)(F)F)nn1C(C)C(=O)N1CCN(Cc2cccc(F)c2F)CC1. The maximum atomic E-state index is 13.9. The van der Waals surface area contributed by atoms with Gasteiger partial charge >= 0.3 is 6.18 Å². The summed E-state index contributed by atoms with van der Waals surface area (Å²) in [6, 6.07) is 3.09. The summed E-state index contributed by atoms with van der Waals surface area (Å²) < 4.78 is 67.3. The van der Waals surface area contributed by atoms with E-state index in [2.05, 4.69) is 21.0 Å². The highest BCUT2D eigenvalue weighted by atomic mass is 79.9. The van der Waals surface area contributed by atoms with Crippen LogP contribution in [0.3, 0.4) is 0 Å². The van der Waals surface area contributed by atoms with Gasteiger partial charge in [-0.1, -0.05) is 12.1 Å². The molecule has 0 radical (unpaired) electrons. The molecule has 1 aliphatic rings. The molecule has 1 aliphatic heterocycles. The zero-order valence-electron chi connectivity index (χ0n) is 16.3. The van der Waals surface area contributed by atoms with E-state index in [1.165, 1.54) is 26.0 Å². The summed E-state index contributed by atoms with van der Waals surface area (Å²) in [5.74, 6) is -2.14. The van der Waals surface area contributed by atoms with Crippen molar-refractivity contribution in [3.05, 3.63) is 51.3 Å². The highest BCUT2D eigenvalue weighted by Gasteiger charge is 2.39. The second-order valence-electron chi connectivity index (χ2n) is 7.18. The number of piperazine rings is 1. The van der Waals surface area contributed by atoms with E-state index in [1.807, 2.05) is 4.90 Å². The lowest BCUT2D eigenvalue weighted by Crippen LogP contribution is -2.50. The molecule has 1 fully saturated rings. The molecule has 5 nitrogen and oxygen atoms in total. The Morgan fingerprint density at radius 3 is 2.40 bits per heavy atom. The van der Waals surface area contributed by atoms with Crippen LogP contribution in [0.25, 0.3) is 0 Å². The fraction of sp³-hybridized carbons (Fsp3) is 0.474. The molecule has 0 saturated carbocycles. The van der Waals surface area contributed by atoms with Crippen molar-refractivity contribution >= 4 is 21.8 Å². The first-order chi connectivity index (χ1) is 14.0. The minimum Gasteiger partial charge on any atom is -0.338 e. The normalized spacial score (nSPS) is 16.7. The molecule has 2 heterocycles. The van der Waals surface area contributed by atoms with E-state index in [9.17, 15) is 26.7 Å². The van der Waals surface area contributed by atoms with Crippen LogP contribution in [0, 0.1) is 18.6 Å². The van der Waals surface area contributed by atoms with Gasteiger partial charge < -0.3 is 4.90 Å². The minimum atomic E-state index is -4.63. The highest BCUT2D eigenvalue weighted by molar-refractivity contribution is 9.10. The highest BCUT2D eigenvalue weighted by Crippen LogP contribution is 2.36. The molecular formula is C19H20BrF5N4O.